The van der Waals surface area contributed by atoms with Gasteiger partial charge in [0.05, 0.1) is 15.9 Å². The second-order valence-electron chi connectivity index (χ2n) is 3.16. The third-order valence-corrected chi connectivity index (χ3v) is 4.44. The molecule has 0 heterocycles. The van der Waals surface area contributed by atoms with E-state index in [1.807, 2.05) is 0 Å². The third-order valence-electron chi connectivity index (χ3n) is 1.85. The van der Waals surface area contributed by atoms with Crippen LogP contribution in [0.1, 0.15) is 0 Å². The first-order valence-electron chi connectivity index (χ1n) is 4.17. The Hall–Kier alpha value is -1.39. The molecule has 0 atom stereocenters. The van der Waals surface area contributed by atoms with Crippen LogP contribution >= 0.6 is 0 Å². The van der Waals surface area contributed by atoms with Crippen molar-refractivity contribution in [1.29, 1.82) is 5.26 Å². The van der Waals surface area contributed by atoms with E-state index in [9.17, 15) is 16.8 Å². The van der Waals surface area contributed by atoms with Gasteiger partial charge in [-0.2, -0.15) is 5.26 Å². The zero-order valence-electron chi connectivity index (χ0n) is 8.41. The lowest BCUT2D eigenvalue weighted by atomic mass is 10.4. The molecule has 0 aliphatic heterocycles. The van der Waals surface area contributed by atoms with E-state index in [2.05, 4.69) is 0 Å². The van der Waals surface area contributed by atoms with Gasteiger partial charge in [0.25, 0.3) is 0 Å². The Balaban J connectivity index is 3.36. The Labute approximate surface area is 94.2 Å². The van der Waals surface area contributed by atoms with Crippen molar-refractivity contribution in [2.24, 2.45) is 0 Å². The summed E-state index contributed by atoms with van der Waals surface area (Å²) in [6, 6.07) is 6.49. The van der Waals surface area contributed by atoms with Gasteiger partial charge in [0, 0.05) is 6.26 Å². The lowest BCUT2D eigenvalue weighted by molar-refractivity contribution is 0.598. The SMILES string of the molecule is CS(=O)(=O)c1cccc(S(=O)(=O)CC#N)c1. The predicted octanol–water partition coefficient (Wildman–Crippen LogP) is 0.387. The Kier molecular flexibility index (Phi) is 3.35. The highest BCUT2D eigenvalue weighted by atomic mass is 32.2. The van der Waals surface area contributed by atoms with Gasteiger partial charge < -0.3 is 0 Å². The first-order chi connectivity index (χ1) is 7.27. The van der Waals surface area contributed by atoms with E-state index < -0.39 is 25.4 Å². The molecule has 86 valence electrons. The van der Waals surface area contributed by atoms with Crippen LogP contribution < -0.4 is 0 Å². The highest BCUT2D eigenvalue weighted by molar-refractivity contribution is 7.92. The summed E-state index contributed by atoms with van der Waals surface area (Å²) >= 11 is 0. The van der Waals surface area contributed by atoms with Crippen LogP contribution in [-0.4, -0.2) is 28.8 Å². The molecule has 0 fully saturated rings. The van der Waals surface area contributed by atoms with Gasteiger partial charge in [0.1, 0.15) is 5.75 Å². The first kappa shape index (κ1) is 12.7. The fraction of sp³-hybridized carbons (Fsp3) is 0.222. The monoisotopic (exact) mass is 259 g/mol. The van der Waals surface area contributed by atoms with Crippen LogP contribution in [-0.2, 0) is 19.7 Å². The molecular weight excluding hydrogens is 250 g/mol. The van der Waals surface area contributed by atoms with Crippen molar-refractivity contribution in [3.63, 3.8) is 0 Å². The van der Waals surface area contributed by atoms with E-state index in [-0.39, 0.29) is 9.79 Å². The Bertz CT molecular complexity index is 638. The van der Waals surface area contributed by atoms with Crippen LogP contribution in [0.15, 0.2) is 34.1 Å². The standard InChI is InChI=1S/C9H9NO4S2/c1-15(11,12)8-3-2-4-9(7-8)16(13,14)6-5-10/h2-4,7H,6H2,1H3. The van der Waals surface area contributed by atoms with Crippen molar-refractivity contribution in [3.8, 4) is 6.07 Å². The number of nitriles is 1. The second-order valence-corrected chi connectivity index (χ2v) is 7.17. The maximum absolute atomic E-state index is 11.5. The van der Waals surface area contributed by atoms with Gasteiger partial charge in [-0.15, -0.1) is 0 Å². The molecule has 1 aromatic rings. The minimum atomic E-state index is -3.72. The lowest BCUT2D eigenvalue weighted by Crippen LogP contribution is -2.06. The molecule has 1 aromatic carbocycles. The summed E-state index contributed by atoms with van der Waals surface area (Å²) < 4.78 is 45.4. The van der Waals surface area contributed by atoms with Crippen molar-refractivity contribution in [1.82, 2.24) is 0 Å². The topological polar surface area (TPSA) is 92.1 Å². The van der Waals surface area contributed by atoms with Crippen molar-refractivity contribution in [2.45, 2.75) is 9.79 Å². The van der Waals surface area contributed by atoms with Gasteiger partial charge >= 0.3 is 0 Å². The molecule has 0 aromatic heterocycles. The average molecular weight is 259 g/mol. The van der Waals surface area contributed by atoms with Gasteiger partial charge in [-0.05, 0) is 18.2 Å². The summed E-state index contributed by atoms with van der Waals surface area (Å²) in [4.78, 5) is -0.233. The summed E-state index contributed by atoms with van der Waals surface area (Å²) in [5.74, 6) is -0.666. The number of rotatable bonds is 3. The van der Waals surface area contributed by atoms with Crippen LogP contribution in [0.3, 0.4) is 0 Å². The van der Waals surface area contributed by atoms with Gasteiger partial charge in [-0.25, -0.2) is 16.8 Å². The molecule has 0 unspecified atom stereocenters. The van der Waals surface area contributed by atoms with Crippen molar-refractivity contribution in [3.05, 3.63) is 24.3 Å². The van der Waals surface area contributed by atoms with Crippen molar-refractivity contribution >= 4 is 19.7 Å². The molecule has 0 amide bonds. The summed E-state index contributed by atoms with van der Waals surface area (Å²) in [5, 5.41) is 8.34. The van der Waals surface area contributed by atoms with Crippen LogP contribution in [0.5, 0.6) is 0 Å². The van der Waals surface area contributed by atoms with Crippen molar-refractivity contribution in [2.75, 3.05) is 12.0 Å². The average Bonchev–Trinajstić information content (AvgIpc) is 2.16. The fourth-order valence-corrected chi connectivity index (χ4v) is 2.74. The maximum Gasteiger partial charge on any atom is 0.191 e. The highest BCUT2D eigenvalue weighted by Crippen LogP contribution is 2.16. The smallest absolute Gasteiger partial charge is 0.191 e. The zero-order chi connectivity index (χ0) is 12.4. The summed E-state index contributed by atoms with van der Waals surface area (Å²) in [6.45, 7) is 0. The molecule has 0 aliphatic rings. The van der Waals surface area contributed by atoms with Crippen LogP contribution in [0.2, 0.25) is 0 Å². The molecule has 0 saturated carbocycles. The zero-order valence-corrected chi connectivity index (χ0v) is 10.0. The fourth-order valence-electron chi connectivity index (χ4n) is 1.07. The van der Waals surface area contributed by atoms with Gasteiger partial charge in [-0.3, -0.25) is 0 Å². The van der Waals surface area contributed by atoms with E-state index in [0.717, 1.165) is 12.3 Å². The minimum Gasteiger partial charge on any atom is -0.224 e. The van der Waals surface area contributed by atoms with E-state index >= 15 is 0 Å². The van der Waals surface area contributed by atoms with E-state index in [1.54, 1.807) is 0 Å². The molecule has 0 N–H and O–H groups in total. The van der Waals surface area contributed by atoms with E-state index in [4.69, 9.17) is 5.26 Å². The molecule has 0 aliphatic carbocycles. The highest BCUT2D eigenvalue weighted by Gasteiger charge is 2.16. The molecule has 7 heteroatoms. The molecule has 0 radical (unpaired) electrons. The Morgan fingerprint density at radius 1 is 1.19 bits per heavy atom. The van der Waals surface area contributed by atoms with Crippen LogP contribution in [0, 0.1) is 11.3 Å². The molecule has 5 nitrogen and oxygen atoms in total. The van der Waals surface area contributed by atoms with Crippen LogP contribution in [0.4, 0.5) is 0 Å². The maximum atomic E-state index is 11.5. The number of benzene rings is 1. The quantitative estimate of drug-likeness (QED) is 0.782. The third kappa shape index (κ3) is 2.81. The first-order valence-corrected chi connectivity index (χ1v) is 7.71. The van der Waals surface area contributed by atoms with E-state index in [1.165, 1.54) is 24.3 Å². The number of sulfone groups is 2. The lowest BCUT2D eigenvalue weighted by Gasteiger charge is -2.02. The molecule has 1 rings (SSSR count). The minimum absolute atomic E-state index is 0.0773. The Morgan fingerprint density at radius 3 is 2.25 bits per heavy atom. The molecule has 0 saturated heterocycles. The number of hydrogen-bond donors (Lipinski definition) is 0. The molecule has 0 spiro atoms. The second kappa shape index (κ2) is 4.23. The predicted molar refractivity (Wildman–Crippen MR) is 57.2 cm³/mol. The van der Waals surface area contributed by atoms with Gasteiger partial charge in [0.15, 0.2) is 19.7 Å². The number of hydrogen-bond acceptors (Lipinski definition) is 5. The normalized spacial score (nSPS) is 12.0. The largest absolute Gasteiger partial charge is 0.224 e. The van der Waals surface area contributed by atoms with Gasteiger partial charge in [-0.1, -0.05) is 6.07 Å². The van der Waals surface area contributed by atoms with Crippen LogP contribution in [0.25, 0.3) is 0 Å². The molecule has 16 heavy (non-hydrogen) atoms. The summed E-state index contributed by atoms with van der Waals surface area (Å²) in [5.41, 5.74) is 0. The van der Waals surface area contributed by atoms with Crippen molar-refractivity contribution < 1.29 is 16.8 Å². The molecule has 0 bridgehead atoms. The Morgan fingerprint density at radius 2 is 1.75 bits per heavy atom. The summed E-state index contributed by atoms with van der Waals surface area (Å²) in [7, 11) is -7.17. The summed E-state index contributed by atoms with van der Waals surface area (Å²) in [6.07, 6.45) is 0.989. The molecular formula is C9H9NO4S2. The number of nitrogens with zero attached hydrogens (tertiary/aromatic N) is 1. The van der Waals surface area contributed by atoms with Gasteiger partial charge in [0.2, 0.25) is 0 Å². The van der Waals surface area contributed by atoms with E-state index in [0.29, 0.717) is 0 Å².